The van der Waals surface area contributed by atoms with E-state index in [1.807, 2.05) is 0 Å². The van der Waals surface area contributed by atoms with Crippen molar-refractivity contribution in [3.8, 4) is 11.3 Å². The van der Waals surface area contributed by atoms with Gasteiger partial charge in [-0.1, -0.05) is 0 Å². The Kier molecular flexibility index (Phi) is 9.12. The molecule has 2 N–H and O–H groups in total. The molecular weight excluding hydrogens is 601 g/mol. The molecule has 8 nitrogen and oxygen atoms in total. The number of pyridine rings is 2. The van der Waals surface area contributed by atoms with Gasteiger partial charge in [-0.2, -0.15) is 40.2 Å². The van der Waals surface area contributed by atoms with Crippen molar-refractivity contribution in [1.82, 2.24) is 19.7 Å². The molecule has 3 heterocycles. The minimum absolute atomic E-state index is 0.0453. The molecule has 1 unspecified atom stereocenters. The number of H-pyrrole nitrogens is 1. The van der Waals surface area contributed by atoms with E-state index in [0.29, 0.717) is 12.4 Å². The third-order valence-electron chi connectivity index (χ3n) is 6.31. The first kappa shape index (κ1) is 31.5. The zero-order valence-corrected chi connectivity index (χ0v) is 21.6. The van der Waals surface area contributed by atoms with E-state index in [-0.39, 0.29) is 41.4 Å². The number of aryl methyl sites for hydroxylation is 1. The summed E-state index contributed by atoms with van der Waals surface area (Å²) < 4.78 is 124. The summed E-state index contributed by atoms with van der Waals surface area (Å²) in [6.07, 6.45) is -7.19. The van der Waals surface area contributed by atoms with Gasteiger partial charge >= 0.3 is 19.0 Å². The molecule has 1 atom stereocenters. The number of halogens is 9. The van der Waals surface area contributed by atoms with Crippen LogP contribution in [0.3, 0.4) is 0 Å². The fourth-order valence-electron chi connectivity index (χ4n) is 4.30. The first-order valence-corrected chi connectivity index (χ1v) is 12.3. The Balaban J connectivity index is 1.52. The van der Waals surface area contributed by atoms with Gasteiger partial charge in [0.2, 0.25) is 0 Å². The number of aromatic amines is 1. The number of hydrogen-bond donors (Lipinski definition) is 2. The van der Waals surface area contributed by atoms with Crippen molar-refractivity contribution in [3.05, 3.63) is 86.6 Å². The second-order valence-corrected chi connectivity index (χ2v) is 9.23. The van der Waals surface area contributed by atoms with E-state index < -0.39 is 65.4 Å². The lowest BCUT2D eigenvalue weighted by molar-refractivity contribution is -0.139. The van der Waals surface area contributed by atoms with Gasteiger partial charge in [0, 0.05) is 30.5 Å². The number of aromatic nitrogens is 4. The molecule has 0 aliphatic rings. The molecule has 0 radical (unpaired) electrons. The minimum Gasteiger partial charge on any atom is -0.378 e. The summed E-state index contributed by atoms with van der Waals surface area (Å²) in [5.74, 6) is -0.921. The van der Waals surface area contributed by atoms with Gasteiger partial charge in [-0.15, -0.1) is 0 Å². The Morgan fingerprint density at radius 1 is 1.00 bits per heavy atom. The van der Waals surface area contributed by atoms with Gasteiger partial charge in [0.1, 0.15) is 11.4 Å². The van der Waals surface area contributed by atoms with Crippen molar-refractivity contribution in [2.75, 3.05) is 11.9 Å². The molecule has 0 amide bonds. The molecule has 0 aliphatic heterocycles. The Morgan fingerprint density at radius 2 is 1.74 bits per heavy atom. The lowest BCUT2D eigenvalue weighted by Crippen LogP contribution is -2.32. The number of rotatable bonds is 10. The van der Waals surface area contributed by atoms with E-state index in [9.17, 15) is 49.1 Å². The fraction of sp³-hybridized carbons (Fsp3) is 0.308. The zero-order chi connectivity index (χ0) is 31.5. The molecule has 0 spiro atoms. The zero-order valence-electron chi connectivity index (χ0n) is 21.6. The summed E-state index contributed by atoms with van der Waals surface area (Å²) in [7, 11) is 0. The van der Waals surface area contributed by atoms with Gasteiger partial charge in [-0.3, -0.25) is 14.6 Å². The van der Waals surface area contributed by atoms with Crippen molar-refractivity contribution < 1.29 is 44.3 Å². The number of benzene rings is 1. The molecule has 230 valence electrons. The molecular formula is C26H20F9N5O3. The molecule has 0 saturated carbocycles. The summed E-state index contributed by atoms with van der Waals surface area (Å²) in [5.41, 5.74) is -5.82. The van der Waals surface area contributed by atoms with Crippen LogP contribution in [-0.2, 0) is 23.6 Å². The van der Waals surface area contributed by atoms with E-state index in [1.54, 1.807) is 5.10 Å². The summed E-state index contributed by atoms with van der Waals surface area (Å²) in [5, 5.41) is 7.50. The van der Waals surface area contributed by atoms with Crippen molar-refractivity contribution >= 4 is 16.5 Å². The van der Waals surface area contributed by atoms with Gasteiger partial charge in [0.25, 0.3) is 11.1 Å². The van der Waals surface area contributed by atoms with Crippen LogP contribution in [0.15, 0.2) is 58.5 Å². The summed E-state index contributed by atoms with van der Waals surface area (Å²) >= 11 is 0. The average molecular weight is 621 g/mol. The Morgan fingerprint density at radius 3 is 2.37 bits per heavy atom. The van der Waals surface area contributed by atoms with E-state index in [1.165, 1.54) is 22.9 Å². The molecule has 4 aromatic rings. The molecule has 0 saturated heterocycles. The quantitative estimate of drug-likeness (QED) is 0.217. The van der Waals surface area contributed by atoms with Gasteiger partial charge in [0.05, 0.1) is 35.1 Å². The Labute approximate surface area is 235 Å². The normalized spacial score (nSPS) is 13.1. The van der Waals surface area contributed by atoms with Crippen molar-refractivity contribution in [2.45, 2.75) is 44.4 Å². The SMILES string of the molecule is O=c1[nH]ncc(NC(CCCn2ccc3cc(-c4ccc(C(F)(F)F)cn4)c(F)cc3c2=O)COC(F)F)c1C(F)(F)F. The summed E-state index contributed by atoms with van der Waals surface area (Å²) in [6.45, 7) is -4.05. The van der Waals surface area contributed by atoms with Crippen LogP contribution in [0.25, 0.3) is 22.0 Å². The third kappa shape index (κ3) is 7.52. The molecule has 17 heteroatoms. The first-order valence-electron chi connectivity index (χ1n) is 12.3. The van der Waals surface area contributed by atoms with Crippen LogP contribution < -0.4 is 16.4 Å². The van der Waals surface area contributed by atoms with E-state index in [2.05, 4.69) is 20.1 Å². The second-order valence-electron chi connectivity index (χ2n) is 9.23. The van der Waals surface area contributed by atoms with Crippen LogP contribution in [0.1, 0.15) is 24.0 Å². The molecule has 4 rings (SSSR count). The van der Waals surface area contributed by atoms with Crippen molar-refractivity contribution in [3.63, 3.8) is 0 Å². The molecule has 0 aliphatic carbocycles. The fourth-order valence-corrected chi connectivity index (χ4v) is 4.30. The molecule has 43 heavy (non-hydrogen) atoms. The van der Waals surface area contributed by atoms with Gasteiger partial charge in [0.15, 0.2) is 0 Å². The smallest absolute Gasteiger partial charge is 0.378 e. The number of anilines is 1. The lowest BCUT2D eigenvalue weighted by Gasteiger charge is -2.22. The van der Waals surface area contributed by atoms with Gasteiger partial charge < -0.3 is 14.6 Å². The lowest BCUT2D eigenvalue weighted by atomic mass is 10.0. The van der Waals surface area contributed by atoms with Crippen LogP contribution >= 0.6 is 0 Å². The number of nitrogens with one attached hydrogen (secondary N) is 2. The van der Waals surface area contributed by atoms with Crippen LogP contribution in [0.5, 0.6) is 0 Å². The number of nitrogens with zero attached hydrogens (tertiary/aromatic N) is 3. The maximum atomic E-state index is 14.9. The molecule has 3 aromatic heterocycles. The van der Waals surface area contributed by atoms with Crippen LogP contribution in [0.2, 0.25) is 0 Å². The first-order chi connectivity index (χ1) is 20.1. The highest BCUT2D eigenvalue weighted by molar-refractivity contribution is 5.86. The van der Waals surface area contributed by atoms with Crippen molar-refractivity contribution in [2.24, 2.45) is 0 Å². The summed E-state index contributed by atoms with van der Waals surface area (Å²) in [6, 6.07) is 4.18. The molecule has 0 bridgehead atoms. The van der Waals surface area contributed by atoms with Crippen LogP contribution in [-0.4, -0.2) is 39.0 Å². The average Bonchev–Trinajstić information content (AvgIpc) is 2.91. The predicted molar refractivity (Wildman–Crippen MR) is 135 cm³/mol. The number of hydrogen-bond acceptors (Lipinski definition) is 6. The van der Waals surface area contributed by atoms with Crippen molar-refractivity contribution in [1.29, 1.82) is 0 Å². The van der Waals surface area contributed by atoms with Crippen LogP contribution in [0.4, 0.5) is 45.2 Å². The van der Waals surface area contributed by atoms with Gasteiger partial charge in [-0.05, 0) is 48.6 Å². The largest absolute Gasteiger partial charge is 0.423 e. The topological polar surface area (TPSA) is 102 Å². The number of alkyl halides is 8. The highest BCUT2D eigenvalue weighted by Crippen LogP contribution is 2.33. The Hall–Kier alpha value is -4.41. The highest BCUT2D eigenvalue weighted by atomic mass is 19.4. The summed E-state index contributed by atoms with van der Waals surface area (Å²) in [4.78, 5) is 28.4. The highest BCUT2D eigenvalue weighted by Gasteiger charge is 2.38. The standard InChI is InChI=1S/C26H20F9N5O3/c27-18-9-16-13(8-17(18)19-4-3-14(10-36-19)25(30,31)32)5-7-40(23(16)42)6-1-2-15(12-43-24(28)29)38-20-11-37-39-22(41)21(20)26(33,34)35/h3-5,7-11,15,24H,1-2,6,12H2,(H2,38,39,41). The van der Waals surface area contributed by atoms with Crippen LogP contribution in [0, 0.1) is 5.82 Å². The third-order valence-corrected chi connectivity index (χ3v) is 6.31. The van der Waals surface area contributed by atoms with E-state index in [4.69, 9.17) is 0 Å². The second kappa shape index (κ2) is 12.4. The molecule has 0 fully saturated rings. The molecule has 1 aromatic carbocycles. The minimum atomic E-state index is -5.08. The number of ether oxygens (including phenoxy) is 1. The Bertz CT molecular complexity index is 1700. The maximum absolute atomic E-state index is 14.9. The maximum Gasteiger partial charge on any atom is 0.423 e. The van der Waals surface area contributed by atoms with E-state index in [0.717, 1.165) is 18.2 Å². The van der Waals surface area contributed by atoms with E-state index >= 15 is 0 Å². The number of fused-ring (bicyclic) bond motifs is 1. The predicted octanol–water partition coefficient (Wildman–Crippen LogP) is 5.82. The van der Waals surface area contributed by atoms with Gasteiger partial charge in [-0.25, -0.2) is 9.49 Å². The monoisotopic (exact) mass is 621 g/mol.